The normalized spacial score (nSPS) is 14.7. The number of amides is 1. The van der Waals surface area contributed by atoms with E-state index in [0.29, 0.717) is 12.1 Å². The first-order valence-corrected chi connectivity index (χ1v) is 9.19. The molecule has 1 amide bonds. The largest absolute Gasteiger partial charge is 0.507 e. The van der Waals surface area contributed by atoms with Gasteiger partial charge in [-0.15, -0.1) is 0 Å². The van der Waals surface area contributed by atoms with E-state index in [4.69, 9.17) is 5.73 Å². The van der Waals surface area contributed by atoms with Gasteiger partial charge in [-0.1, -0.05) is 36.4 Å². The van der Waals surface area contributed by atoms with Gasteiger partial charge < -0.3 is 21.3 Å². The zero-order chi connectivity index (χ0) is 18.4. The van der Waals surface area contributed by atoms with Crippen molar-refractivity contribution in [1.29, 1.82) is 0 Å². The average molecular weight is 454 g/mol. The molecule has 0 aliphatic rings. The van der Waals surface area contributed by atoms with Crippen molar-refractivity contribution in [3.8, 4) is 5.75 Å². The van der Waals surface area contributed by atoms with Crippen molar-refractivity contribution in [3.05, 3.63) is 65.2 Å². The van der Waals surface area contributed by atoms with Gasteiger partial charge >= 0.3 is 0 Å². The lowest BCUT2D eigenvalue weighted by atomic mass is 10.0. The molecule has 5 N–H and O–H groups in total. The number of benzene rings is 2. The third kappa shape index (κ3) is 5.69. The van der Waals surface area contributed by atoms with Gasteiger partial charge in [0, 0.05) is 12.6 Å². The highest BCUT2D eigenvalue weighted by atomic mass is 127. The number of aliphatic hydroxyl groups is 1. The predicted octanol–water partition coefficient (Wildman–Crippen LogP) is 2.68. The van der Waals surface area contributed by atoms with Gasteiger partial charge in [0.25, 0.3) is 5.91 Å². The highest BCUT2D eigenvalue weighted by Crippen LogP contribution is 2.31. The number of aryl methyl sites for hydroxylation is 1. The molecule has 0 spiro atoms. The molecule has 0 saturated carbocycles. The fourth-order valence-electron chi connectivity index (χ4n) is 2.51. The number of nitrogens with two attached hydrogens (primary N) is 1. The van der Waals surface area contributed by atoms with E-state index >= 15 is 0 Å². The van der Waals surface area contributed by atoms with Gasteiger partial charge in [0.05, 0.1) is 5.56 Å². The standard InChI is InChI=1S/C19H23IN2O3/c1-13(7-8-14-5-3-2-4-6-14)22-12-19(20,25)15-9-10-17(23)16(11-15)18(21)24/h2-6,9-11,13,22-23,25H,7-8,12H2,1H3,(H2,21,24). The van der Waals surface area contributed by atoms with E-state index in [2.05, 4.69) is 24.4 Å². The summed E-state index contributed by atoms with van der Waals surface area (Å²) in [6.45, 7) is 2.38. The molecule has 25 heavy (non-hydrogen) atoms. The van der Waals surface area contributed by atoms with Gasteiger partial charge in [0.15, 0.2) is 3.61 Å². The van der Waals surface area contributed by atoms with Gasteiger partial charge in [-0.05, 0) is 65.6 Å². The van der Waals surface area contributed by atoms with Crippen LogP contribution in [0.2, 0.25) is 0 Å². The van der Waals surface area contributed by atoms with E-state index in [0.717, 1.165) is 12.8 Å². The molecule has 2 unspecified atom stereocenters. The molecule has 0 aromatic heterocycles. The molecule has 0 bridgehead atoms. The molecule has 0 aliphatic carbocycles. The molecule has 2 aromatic rings. The van der Waals surface area contributed by atoms with Crippen LogP contribution in [-0.4, -0.2) is 28.7 Å². The first-order chi connectivity index (χ1) is 11.8. The summed E-state index contributed by atoms with van der Waals surface area (Å²) in [5.41, 5.74) is 7.05. The molecule has 0 heterocycles. The minimum absolute atomic E-state index is 0.00437. The minimum Gasteiger partial charge on any atom is -0.507 e. The second-order valence-corrected chi connectivity index (χ2v) is 7.95. The number of rotatable bonds is 8. The number of carbonyl (C=O) groups excluding carboxylic acids is 1. The SMILES string of the molecule is CC(CCc1ccccc1)NCC(O)(I)c1ccc(O)c(C(N)=O)c1. The fourth-order valence-corrected chi connectivity index (χ4v) is 3.07. The molecule has 2 aromatic carbocycles. The Morgan fingerprint density at radius 2 is 1.96 bits per heavy atom. The van der Waals surface area contributed by atoms with Crippen molar-refractivity contribution < 1.29 is 15.0 Å². The molecule has 5 nitrogen and oxygen atoms in total. The summed E-state index contributed by atoms with van der Waals surface area (Å²) < 4.78 is -1.21. The summed E-state index contributed by atoms with van der Waals surface area (Å²) >= 11 is 1.93. The fraction of sp³-hybridized carbons (Fsp3) is 0.316. The minimum atomic E-state index is -1.21. The Morgan fingerprint density at radius 3 is 2.60 bits per heavy atom. The van der Waals surface area contributed by atoms with Gasteiger partial charge in [-0.2, -0.15) is 0 Å². The molecule has 2 atom stereocenters. The molecule has 6 heteroatoms. The molecular formula is C19H23IN2O3. The molecule has 2 rings (SSSR count). The Hall–Kier alpha value is -1.64. The van der Waals surface area contributed by atoms with Crippen LogP contribution in [0, 0.1) is 0 Å². The number of halogens is 1. The number of aromatic hydroxyl groups is 1. The number of hydrogen-bond donors (Lipinski definition) is 4. The van der Waals surface area contributed by atoms with Crippen LogP contribution in [0.5, 0.6) is 5.75 Å². The number of phenols is 1. The zero-order valence-electron chi connectivity index (χ0n) is 14.1. The van der Waals surface area contributed by atoms with Crippen LogP contribution >= 0.6 is 22.6 Å². The van der Waals surface area contributed by atoms with E-state index in [1.54, 1.807) is 6.07 Å². The van der Waals surface area contributed by atoms with Crippen molar-refractivity contribution in [3.63, 3.8) is 0 Å². The van der Waals surface area contributed by atoms with Gasteiger partial charge in [0.2, 0.25) is 0 Å². The number of hydrogen-bond acceptors (Lipinski definition) is 4. The Labute approximate surface area is 161 Å². The van der Waals surface area contributed by atoms with Gasteiger partial charge in [-0.25, -0.2) is 0 Å². The second kappa shape index (κ2) is 8.64. The summed E-state index contributed by atoms with van der Waals surface area (Å²) in [4.78, 5) is 11.3. The van der Waals surface area contributed by atoms with Crippen LogP contribution in [0.15, 0.2) is 48.5 Å². The molecular weight excluding hydrogens is 431 g/mol. The van der Waals surface area contributed by atoms with Crippen LogP contribution in [0.1, 0.15) is 34.8 Å². The number of primary amides is 1. The van der Waals surface area contributed by atoms with Crippen molar-refractivity contribution in [1.82, 2.24) is 5.32 Å². The third-order valence-electron chi connectivity index (χ3n) is 4.10. The first-order valence-electron chi connectivity index (χ1n) is 8.11. The van der Waals surface area contributed by atoms with E-state index in [1.807, 2.05) is 40.8 Å². The van der Waals surface area contributed by atoms with Crippen molar-refractivity contribution in [2.75, 3.05) is 6.54 Å². The van der Waals surface area contributed by atoms with Gasteiger partial charge in [-0.3, -0.25) is 4.79 Å². The van der Waals surface area contributed by atoms with Crippen molar-refractivity contribution >= 4 is 28.5 Å². The third-order valence-corrected chi connectivity index (χ3v) is 5.10. The second-order valence-electron chi connectivity index (χ2n) is 6.16. The summed E-state index contributed by atoms with van der Waals surface area (Å²) in [5, 5.41) is 23.7. The molecule has 134 valence electrons. The maximum absolute atomic E-state index is 11.3. The van der Waals surface area contributed by atoms with Crippen LogP contribution in [0.4, 0.5) is 0 Å². The Balaban J connectivity index is 1.94. The summed E-state index contributed by atoms with van der Waals surface area (Å²) in [5.74, 6) is -0.914. The summed E-state index contributed by atoms with van der Waals surface area (Å²) in [7, 11) is 0. The molecule has 0 fully saturated rings. The van der Waals surface area contributed by atoms with Crippen LogP contribution in [-0.2, 0) is 10.0 Å². The molecule has 0 radical (unpaired) electrons. The van der Waals surface area contributed by atoms with Crippen LogP contribution < -0.4 is 11.1 Å². The quantitative estimate of drug-likeness (QED) is 0.365. The van der Waals surface area contributed by atoms with Gasteiger partial charge in [0.1, 0.15) is 5.75 Å². The number of alkyl halides is 1. The van der Waals surface area contributed by atoms with E-state index in [9.17, 15) is 15.0 Å². The summed E-state index contributed by atoms with van der Waals surface area (Å²) in [6.07, 6.45) is 1.90. The Kier molecular flexibility index (Phi) is 6.80. The maximum atomic E-state index is 11.3. The average Bonchev–Trinajstić information content (AvgIpc) is 2.59. The van der Waals surface area contributed by atoms with Crippen molar-refractivity contribution in [2.45, 2.75) is 29.4 Å². The Morgan fingerprint density at radius 1 is 1.28 bits per heavy atom. The highest BCUT2D eigenvalue weighted by Gasteiger charge is 2.27. The lowest BCUT2D eigenvalue weighted by Gasteiger charge is -2.25. The van der Waals surface area contributed by atoms with E-state index in [1.165, 1.54) is 17.7 Å². The number of carbonyl (C=O) groups is 1. The van der Waals surface area contributed by atoms with E-state index in [-0.39, 0.29) is 17.4 Å². The molecule has 0 saturated heterocycles. The molecule has 0 aliphatic heterocycles. The zero-order valence-corrected chi connectivity index (χ0v) is 16.2. The monoisotopic (exact) mass is 454 g/mol. The number of nitrogens with one attached hydrogen (secondary N) is 1. The van der Waals surface area contributed by atoms with Crippen LogP contribution in [0.3, 0.4) is 0 Å². The maximum Gasteiger partial charge on any atom is 0.252 e. The lowest BCUT2D eigenvalue weighted by Crippen LogP contribution is -2.38. The Bertz CT molecular complexity index is 720. The van der Waals surface area contributed by atoms with Crippen molar-refractivity contribution in [2.24, 2.45) is 5.73 Å². The predicted molar refractivity (Wildman–Crippen MR) is 107 cm³/mol. The topological polar surface area (TPSA) is 95.6 Å². The smallest absolute Gasteiger partial charge is 0.252 e. The summed E-state index contributed by atoms with van der Waals surface area (Å²) in [6, 6.07) is 14.9. The highest BCUT2D eigenvalue weighted by molar-refractivity contribution is 14.1. The lowest BCUT2D eigenvalue weighted by molar-refractivity contribution is 0.0997. The van der Waals surface area contributed by atoms with Crippen LogP contribution in [0.25, 0.3) is 0 Å². The first kappa shape index (κ1) is 19.7. The van der Waals surface area contributed by atoms with E-state index < -0.39 is 9.51 Å².